The monoisotopic (exact) mass is 282 g/mol. The Bertz CT molecular complexity index is 602. The lowest BCUT2D eigenvalue weighted by atomic mass is 10.2. The number of carbonyl (C=O) groups is 1. The molecule has 0 saturated carbocycles. The molecule has 3 nitrogen and oxygen atoms in total. The van der Waals surface area contributed by atoms with E-state index in [4.69, 9.17) is 11.6 Å². The lowest BCUT2D eigenvalue weighted by Gasteiger charge is -2.06. The van der Waals surface area contributed by atoms with E-state index in [1.54, 1.807) is 24.3 Å². The van der Waals surface area contributed by atoms with Gasteiger partial charge in [-0.05, 0) is 23.8 Å². The Morgan fingerprint density at radius 3 is 2.58 bits per heavy atom. The second-order valence-electron chi connectivity index (χ2n) is 3.77. The van der Waals surface area contributed by atoms with Gasteiger partial charge in [0.1, 0.15) is 0 Å². The predicted molar refractivity (Wildman–Crippen MR) is 66.8 cm³/mol. The third-order valence-corrected chi connectivity index (χ3v) is 2.71. The van der Waals surface area contributed by atoms with Gasteiger partial charge in [-0.3, -0.25) is 4.79 Å². The van der Waals surface area contributed by atoms with Gasteiger partial charge in [0.05, 0.1) is 5.56 Å². The highest BCUT2D eigenvalue weighted by Gasteiger charge is 2.15. The van der Waals surface area contributed by atoms with Crippen LogP contribution in [0.15, 0.2) is 36.5 Å². The van der Waals surface area contributed by atoms with Crippen LogP contribution in [0.4, 0.5) is 8.78 Å². The van der Waals surface area contributed by atoms with Crippen LogP contribution < -0.4 is 5.32 Å². The van der Waals surface area contributed by atoms with Crippen LogP contribution in [-0.2, 0) is 6.54 Å². The molecule has 0 radical (unpaired) electrons. The van der Waals surface area contributed by atoms with E-state index in [-0.39, 0.29) is 12.1 Å². The molecule has 1 N–H and O–H groups in total. The number of rotatable bonds is 3. The smallest absolute Gasteiger partial charge is 0.254 e. The molecule has 1 heterocycles. The van der Waals surface area contributed by atoms with Gasteiger partial charge >= 0.3 is 0 Å². The molecule has 0 aliphatic heterocycles. The normalized spacial score (nSPS) is 10.3. The standard InChI is InChI=1S/C13H9ClF2N2O/c14-9-3-1-8(2-4-9)7-18-13(19)10-5-6-17-12(16)11(10)15/h1-6H,7H2,(H,18,19). The number of aromatic nitrogens is 1. The molecule has 0 atom stereocenters. The summed E-state index contributed by atoms with van der Waals surface area (Å²) in [4.78, 5) is 14.8. The van der Waals surface area contributed by atoms with Gasteiger partial charge in [0.2, 0.25) is 5.95 Å². The number of halogens is 3. The molecule has 0 bridgehead atoms. The number of benzene rings is 1. The maximum absolute atomic E-state index is 13.3. The third kappa shape index (κ3) is 3.26. The lowest BCUT2D eigenvalue weighted by Crippen LogP contribution is -2.24. The first-order valence-corrected chi connectivity index (χ1v) is 5.78. The topological polar surface area (TPSA) is 42.0 Å². The van der Waals surface area contributed by atoms with E-state index in [0.717, 1.165) is 17.8 Å². The van der Waals surface area contributed by atoms with E-state index in [1.807, 2.05) is 0 Å². The Morgan fingerprint density at radius 1 is 1.21 bits per heavy atom. The molecule has 2 aromatic rings. The minimum Gasteiger partial charge on any atom is -0.348 e. The Hall–Kier alpha value is -2.01. The van der Waals surface area contributed by atoms with Gasteiger partial charge in [0.15, 0.2) is 5.82 Å². The lowest BCUT2D eigenvalue weighted by molar-refractivity contribution is 0.0945. The first-order chi connectivity index (χ1) is 9.08. The Kier molecular flexibility index (Phi) is 4.06. The van der Waals surface area contributed by atoms with Gasteiger partial charge in [-0.2, -0.15) is 4.39 Å². The van der Waals surface area contributed by atoms with Crippen molar-refractivity contribution in [1.29, 1.82) is 0 Å². The van der Waals surface area contributed by atoms with Crippen molar-refractivity contribution in [2.75, 3.05) is 0 Å². The Balaban J connectivity index is 2.05. The molecule has 0 spiro atoms. The quantitative estimate of drug-likeness (QED) is 0.880. The fraction of sp³-hybridized carbons (Fsp3) is 0.0769. The molecule has 0 unspecified atom stereocenters. The average Bonchev–Trinajstić information content (AvgIpc) is 2.41. The molecular formula is C13H9ClF2N2O. The van der Waals surface area contributed by atoms with Crippen LogP contribution >= 0.6 is 11.6 Å². The zero-order valence-corrected chi connectivity index (χ0v) is 10.4. The molecule has 0 aliphatic rings. The largest absolute Gasteiger partial charge is 0.348 e. The molecule has 1 aromatic heterocycles. The summed E-state index contributed by atoms with van der Waals surface area (Å²) < 4.78 is 26.2. The second-order valence-corrected chi connectivity index (χ2v) is 4.21. The summed E-state index contributed by atoms with van der Waals surface area (Å²) in [6, 6.07) is 7.93. The number of pyridine rings is 1. The zero-order valence-electron chi connectivity index (χ0n) is 9.66. The van der Waals surface area contributed by atoms with E-state index in [1.165, 1.54) is 0 Å². The van der Waals surface area contributed by atoms with Crippen molar-refractivity contribution in [3.63, 3.8) is 0 Å². The molecule has 1 aromatic carbocycles. The predicted octanol–water partition coefficient (Wildman–Crippen LogP) is 2.94. The number of nitrogens with one attached hydrogen (secondary N) is 1. The fourth-order valence-electron chi connectivity index (χ4n) is 1.47. The Labute approximate surface area is 113 Å². The summed E-state index contributed by atoms with van der Waals surface area (Å²) >= 11 is 5.72. The maximum atomic E-state index is 13.3. The van der Waals surface area contributed by atoms with E-state index in [9.17, 15) is 13.6 Å². The van der Waals surface area contributed by atoms with Gasteiger partial charge in [-0.25, -0.2) is 9.37 Å². The molecule has 19 heavy (non-hydrogen) atoms. The molecular weight excluding hydrogens is 274 g/mol. The molecule has 0 fully saturated rings. The van der Waals surface area contributed by atoms with Gasteiger partial charge in [0, 0.05) is 17.8 Å². The number of hydrogen-bond acceptors (Lipinski definition) is 2. The molecule has 0 saturated heterocycles. The zero-order chi connectivity index (χ0) is 13.8. The summed E-state index contributed by atoms with van der Waals surface area (Å²) in [7, 11) is 0. The Morgan fingerprint density at radius 2 is 1.89 bits per heavy atom. The van der Waals surface area contributed by atoms with Crippen molar-refractivity contribution in [2.45, 2.75) is 6.54 Å². The van der Waals surface area contributed by atoms with Gasteiger partial charge < -0.3 is 5.32 Å². The van der Waals surface area contributed by atoms with Crippen LogP contribution in [0.25, 0.3) is 0 Å². The first kappa shape index (κ1) is 13.4. The van der Waals surface area contributed by atoms with Crippen molar-refractivity contribution in [2.24, 2.45) is 0 Å². The fourth-order valence-corrected chi connectivity index (χ4v) is 1.60. The molecule has 2 rings (SSSR count). The summed E-state index contributed by atoms with van der Waals surface area (Å²) in [6.07, 6.45) is 1.04. The molecule has 1 amide bonds. The molecule has 6 heteroatoms. The van der Waals surface area contributed by atoms with Crippen LogP contribution in [0.5, 0.6) is 0 Å². The van der Waals surface area contributed by atoms with Crippen LogP contribution in [-0.4, -0.2) is 10.9 Å². The minimum absolute atomic E-state index is 0.194. The summed E-state index contributed by atoms with van der Waals surface area (Å²) in [5.41, 5.74) is 0.425. The van der Waals surface area contributed by atoms with Crippen molar-refractivity contribution in [3.05, 3.63) is 64.4 Å². The summed E-state index contributed by atoms with van der Waals surface area (Å²) in [5, 5.41) is 3.07. The highest BCUT2D eigenvalue weighted by Crippen LogP contribution is 2.11. The van der Waals surface area contributed by atoms with E-state index >= 15 is 0 Å². The van der Waals surface area contributed by atoms with Crippen LogP contribution in [0.3, 0.4) is 0 Å². The van der Waals surface area contributed by atoms with Crippen LogP contribution in [0, 0.1) is 11.8 Å². The highest BCUT2D eigenvalue weighted by molar-refractivity contribution is 6.30. The number of nitrogens with zero attached hydrogens (tertiary/aromatic N) is 1. The SMILES string of the molecule is O=C(NCc1ccc(Cl)cc1)c1ccnc(F)c1F. The number of carbonyl (C=O) groups excluding carboxylic acids is 1. The van der Waals surface area contributed by atoms with E-state index in [0.29, 0.717) is 5.02 Å². The van der Waals surface area contributed by atoms with E-state index in [2.05, 4.69) is 10.3 Å². The third-order valence-electron chi connectivity index (χ3n) is 2.46. The second kappa shape index (κ2) is 5.75. The first-order valence-electron chi connectivity index (χ1n) is 5.40. The summed E-state index contributed by atoms with van der Waals surface area (Å²) in [5.74, 6) is -3.25. The van der Waals surface area contributed by atoms with Gasteiger partial charge in [0.25, 0.3) is 5.91 Å². The minimum atomic E-state index is -1.29. The van der Waals surface area contributed by atoms with Gasteiger partial charge in [-0.1, -0.05) is 23.7 Å². The maximum Gasteiger partial charge on any atom is 0.254 e. The average molecular weight is 283 g/mol. The van der Waals surface area contributed by atoms with Crippen molar-refractivity contribution >= 4 is 17.5 Å². The number of hydrogen-bond donors (Lipinski definition) is 1. The highest BCUT2D eigenvalue weighted by atomic mass is 35.5. The van der Waals surface area contributed by atoms with E-state index < -0.39 is 17.7 Å². The summed E-state index contributed by atoms with van der Waals surface area (Å²) in [6.45, 7) is 0.194. The number of amides is 1. The van der Waals surface area contributed by atoms with Gasteiger partial charge in [-0.15, -0.1) is 0 Å². The van der Waals surface area contributed by atoms with Crippen molar-refractivity contribution in [1.82, 2.24) is 10.3 Å². The van der Waals surface area contributed by atoms with Crippen LogP contribution in [0.1, 0.15) is 15.9 Å². The molecule has 0 aliphatic carbocycles. The van der Waals surface area contributed by atoms with Crippen LogP contribution in [0.2, 0.25) is 5.02 Å². The molecule has 98 valence electrons. The van der Waals surface area contributed by atoms with Crippen molar-refractivity contribution in [3.8, 4) is 0 Å². The van der Waals surface area contributed by atoms with Crippen molar-refractivity contribution < 1.29 is 13.6 Å².